The normalized spacial score (nSPS) is 13.6. The molecule has 1 heterocycles. The monoisotopic (exact) mass is 358 g/mol. The van der Waals surface area contributed by atoms with Gasteiger partial charge in [-0.15, -0.1) is 15.7 Å². The summed E-state index contributed by atoms with van der Waals surface area (Å²) in [7, 11) is -2.01. The van der Waals surface area contributed by atoms with Gasteiger partial charge in [0.05, 0.1) is 5.02 Å². The van der Waals surface area contributed by atoms with E-state index in [0.717, 1.165) is 10.6 Å². The molecule has 0 unspecified atom stereocenters. The summed E-state index contributed by atoms with van der Waals surface area (Å²) in [4.78, 5) is 1.59. The molecule has 0 spiro atoms. The molecule has 0 bridgehead atoms. The topological polar surface area (TPSA) is 51.4 Å². The van der Waals surface area contributed by atoms with Crippen molar-refractivity contribution in [2.45, 2.75) is 38.0 Å². The smallest absolute Gasteiger partial charge is 0.286 e. The Bertz CT molecular complexity index is 872. The maximum absolute atomic E-state index is 12.5. The van der Waals surface area contributed by atoms with E-state index in [2.05, 4.69) is 25.2 Å². The summed E-state index contributed by atoms with van der Waals surface area (Å²) in [6.07, 6.45) is 0. The van der Waals surface area contributed by atoms with Crippen molar-refractivity contribution in [1.82, 2.24) is 4.57 Å². The molecule has 2 rings (SSSR count). The zero-order valence-electron chi connectivity index (χ0n) is 13.2. The first-order valence-corrected chi connectivity index (χ1v) is 9.40. The number of sulfonamides is 1. The fourth-order valence-corrected chi connectivity index (χ4v) is 5.02. The average molecular weight is 359 g/mol. The van der Waals surface area contributed by atoms with Crippen molar-refractivity contribution in [3.63, 3.8) is 0 Å². The molecule has 0 aliphatic heterocycles. The summed E-state index contributed by atoms with van der Waals surface area (Å²) in [6.45, 7) is 8.26. The van der Waals surface area contributed by atoms with Crippen LogP contribution in [0, 0.1) is 6.92 Å². The number of hydrogen-bond acceptors (Lipinski definition) is 3. The number of thiazole rings is 1. The zero-order chi connectivity index (χ0) is 16.7. The number of nitrogens with zero attached hydrogens (tertiary/aromatic N) is 2. The second-order valence-corrected chi connectivity index (χ2v) is 9.06. The molecule has 0 aliphatic rings. The van der Waals surface area contributed by atoms with Gasteiger partial charge in [0, 0.05) is 17.6 Å². The fourth-order valence-electron chi connectivity index (χ4n) is 2.11. The third kappa shape index (κ3) is 3.29. The number of halogens is 1. The van der Waals surface area contributed by atoms with Crippen molar-refractivity contribution in [3.8, 4) is 0 Å². The molecule has 0 saturated carbocycles. The second kappa shape index (κ2) is 5.83. The molecule has 1 aromatic carbocycles. The van der Waals surface area contributed by atoms with Crippen molar-refractivity contribution in [2.75, 3.05) is 0 Å². The first-order valence-electron chi connectivity index (χ1n) is 6.76. The van der Waals surface area contributed by atoms with E-state index in [0.29, 0.717) is 4.80 Å². The molecule has 0 saturated heterocycles. The minimum absolute atomic E-state index is 0.0278. The molecule has 0 radical (unpaired) electrons. The van der Waals surface area contributed by atoms with Crippen LogP contribution in [0.15, 0.2) is 33.6 Å². The summed E-state index contributed by atoms with van der Waals surface area (Å²) in [5, 5.41) is 0.179. The number of aromatic nitrogens is 1. The van der Waals surface area contributed by atoms with Crippen molar-refractivity contribution >= 4 is 33.0 Å². The highest BCUT2D eigenvalue weighted by Gasteiger charge is 2.22. The summed E-state index contributed by atoms with van der Waals surface area (Å²) < 4.78 is 30.8. The minimum Gasteiger partial charge on any atom is -0.323 e. The van der Waals surface area contributed by atoms with Gasteiger partial charge in [-0.3, -0.25) is 0 Å². The molecule has 0 atom stereocenters. The zero-order valence-corrected chi connectivity index (χ0v) is 15.6. The lowest BCUT2D eigenvalue weighted by Crippen LogP contribution is -2.15. The van der Waals surface area contributed by atoms with Gasteiger partial charge in [0.15, 0.2) is 0 Å². The van der Waals surface area contributed by atoms with E-state index in [9.17, 15) is 8.42 Å². The molecule has 0 aliphatic carbocycles. The molecule has 7 heteroatoms. The van der Waals surface area contributed by atoms with Crippen LogP contribution in [0.2, 0.25) is 5.02 Å². The maximum atomic E-state index is 12.5. The lowest BCUT2D eigenvalue weighted by molar-refractivity contribution is 0.592. The van der Waals surface area contributed by atoms with Crippen LogP contribution in [0.5, 0.6) is 0 Å². The number of rotatable bonds is 2. The molecule has 120 valence electrons. The Morgan fingerprint density at radius 2 is 1.82 bits per heavy atom. The van der Waals surface area contributed by atoms with E-state index in [1.807, 2.05) is 14.0 Å². The first kappa shape index (κ1) is 17.2. The van der Waals surface area contributed by atoms with Crippen molar-refractivity contribution in [1.29, 1.82) is 0 Å². The van der Waals surface area contributed by atoms with Crippen molar-refractivity contribution < 1.29 is 8.42 Å². The number of hydrogen-bond donors (Lipinski definition) is 0. The van der Waals surface area contributed by atoms with Crippen LogP contribution in [0.4, 0.5) is 0 Å². The molecular weight excluding hydrogens is 340 g/mol. The van der Waals surface area contributed by atoms with Crippen LogP contribution in [0.3, 0.4) is 0 Å². The highest BCUT2D eigenvalue weighted by atomic mass is 35.5. The average Bonchev–Trinajstić information content (AvgIpc) is 2.66. The summed E-state index contributed by atoms with van der Waals surface area (Å²) >= 11 is 7.38. The van der Waals surface area contributed by atoms with Gasteiger partial charge >= 0.3 is 0 Å². The summed E-state index contributed by atoms with van der Waals surface area (Å²) in [5.41, 5.74) is 0.958. The Hall–Kier alpha value is -1.11. The Balaban J connectivity index is 2.67. The van der Waals surface area contributed by atoms with Crippen LogP contribution >= 0.6 is 22.9 Å². The van der Waals surface area contributed by atoms with Gasteiger partial charge in [0.2, 0.25) is 4.80 Å². The van der Waals surface area contributed by atoms with E-state index in [1.165, 1.54) is 17.4 Å². The van der Waals surface area contributed by atoms with Gasteiger partial charge in [-0.2, -0.15) is 8.42 Å². The standard InChI is InChI=1S/C15H19ClN2O2S2/c1-10-13(15(2,3)4)21-14(18(10)5)17-22(19,20)12-9-7-6-8-11(12)16/h6-9H,1-5H3/b17-14+. The Labute approximate surface area is 140 Å². The Morgan fingerprint density at radius 1 is 1.23 bits per heavy atom. The highest BCUT2D eigenvalue weighted by Crippen LogP contribution is 2.28. The predicted octanol–water partition coefficient (Wildman–Crippen LogP) is 3.64. The first-order chi connectivity index (χ1) is 10.0. The lowest BCUT2D eigenvalue weighted by Gasteiger charge is -2.17. The fraction of sp³-hybridized carbons (Fsp3) is 0.400. The molecule has 0 amide bonds. The summed E-state index contributed by atoms with van der Waals surface area (Å²) in [6, 6.07) is 6.33. The molecule has 0 N–H and O–H groups in total. The van der Waals surface area contributed by atoms with Gasteiger partial charge in [-0.1, -0.05) is 44.5 Å². The third-order valence-electron chi connectivity index (χ3n) is 3.31. The lowest BCUT2D eigenvalue weighted by atomic mass is 9.93. The summed E-state index contributed by atoms with van der Waals surface area (Å²) in [5.74, 6) is 0. The van der Waals surface area contributed by atoms with Crippen molar-refractivity contribution in [2.24, 2.45) is 11.4 Å². The van der Waals surface area contributed by atoms with E-state index < -0.39 is 10.0 Å². The maximum Gasteiger partial charge on any atom is 0.286 e. The highest BCUT2D eigenvalue weighted by molar-refractivity contribution is 7.90. The van der Waals surface area contributed by atoms with E-state index in [-0.39, 0.29) is 15.3 Å². The predicted molar refractivity (Wildman–Crippen MR) is 90.9 cm³/mol. The minimum atomic E-state index is -3.83. The van der Waals surface area contributed by atoms with E-state index in [1.54, 1.807) is 22.8 Å². The van der Waals surface area contributed by atoms with E-state index in [4.69, 9.17) is 11.6 Å². The van der Waals surface area contributed by atoms with Crippen LogP contribution in [0.25, 0.3) is 0 Å². The second-order valence-electron chi connectivity index (χ2n) is 6.10. The van der Waals surface area contributed by atoms with Gasteiger partial charge in [-0.05, 0) is 24.5 Å². The van der Waals surface area contributed by atoms with Gasteiger partial charge in [-0.25, -0.2) is 0 Å². The third-order valence-corrected chi connectivity index (χ3v) is 6.85. The van der Waals surface area contributed by atoms with Crippen LogP contribution in [-0.4, -0.2) is 13.0 Å². The van der Waals surface area contributed by atoms with Crippen molar-refractivity contribution in [3.05, 3.63) is 44.7 Å². The van der Waals surface area contributed by atoms with Gasteiger partial charge in [0.25, 0.3) is 10.0 Å². The Kier molecular flexibility index (Phi) is 4.57. The van der Waals surface area contributed by atoms with Gasteiger partial charge in [0.1, 0.15) is 4.90 Å². The van der Waals surface area contributed by atoms with Crippen LogP contribution in [-0.2, 0) is 22.5 Å². The molecule has 1 aromatic heterocycles. The van der Waals surface area contributed by atoms with E-state index >= 15 is 0 Å². The SMILES string of the molecule is Cc1c(C(C)(C)C)s/c(=N/S(=O)(=O)c2ccccc2Cl)n1C. The largest absolute Gasteiger partial charge is 0.323 e. The van der Waals surface area contributed by atoms with Crippen LogP contribution in [0.1, 0.15) is 31.3 Å². The molecule has 2 aromatic rings. The molecule has 0 fully saturated rings. The molecular formula is C15H19ClN2O2S2. The molecule has 22 heavy (non-hydrogen) atoms. The Morgan fingerprint density at radius 3 is 2.32 bits per heavy atom. The number of benzene rings is 1. The molecule has 4 nitrogen and oxygen atoms in total. The van der Waals surface area contributed by atoms with Gasteiger partial charge < -0.3 is 4.57 Å². The quantitative estimate of drug-likeness (QED) is 0.823. The van der Waals surface area contributed by atoms with Crippen LogP contribution < -0.4 is 4.80 Å².